The molecule has 1 aliphatic rings. The maximum Gasteiger partial charge on any atom is 0.305 e. The molecule has 15 heavy (non-hydrogen) atoms. The Kier molecular flexibility index (Phi) is 2.77. The van der Waals surface area contributed by atoms with Crippen molar-refractivity contribution in [3.8, 4) is 0 Å². The molecule has 1 aromatic rings. The van der Waals surface area contributed by atoms with Crippen LogP contribution in [0.1, 0.15) is 18.6 Å². The van der Waals surface area contributed by atoms with Gasteiger partial charge in [-0.3, -0.25) is 4.79 Å². The highest BCUT2D eigenvalue weighted by Crippen LogP contribution is 2.37. The van der Waals surface area contributed by atoms with E-state index in [9.17, 15) is 4.79 Å². The molecule has 0 amide bonds. The van der Waals surface area contributed by atoms with Crippen LogP contribution < -0.4 is 0 Å². The maximum atomic E-state index is 11.1. The Morgan fingerprint density at radius 3 is 2.87 bits per heavy atom. The van der Waals surface area contributed by atoms with E-state index in [0.29, 0.717) is 26.1 Å². The van der Waals surface area contributed by atoms with Crippen molar-refractivity contribution in [3.63, 3.8) is 0 Å². The summed E-state index contributed by atoms with van der Waals surface area (Å²) in [6.45, 7) is 1.25. The summed E-state index contributed by atoms with van der Waals surface area (Å²) in [6.07, 6.45) is 2.77. The minimum absolute atomic E-state index is 0.113. The van der Waals surface area contributed by atoms with Crippen molar-refractivity contribution in [1.29, 1.82) is 0 Å². The van der Waals surface area contributed by atoms with Gasteiger partial charge in [-0.1, -0.05) is 0 Å². The Morgan fingerprint density at radius 1 is 1.60 bits per heavy atom. The summed E-state index contributed by atoms with van der Waals surface area (Å²) >= 11 is 0. The number of hydrogen-bond acceptors (Lipinski definition) is 4. The van der Waals surface area contributed by atoms with E-state index in [-0.39, 0.29) is 11.4 Å². The first-order valence-corrected chi connectivity index (χ1v) is 4.95. The minimum atomic E-state index is -0.187. The van der Waals surface area contributed by atoms with Crippen LogP contribution in [0.15, 0.2) is 22.8 Å². The molecular weight excluding hydrogens is 196 g/mol. The normalized spacial score (nSPS) is 18.2. The van der Waals surface area contributed by atoms with Crippen LogP contribution in [0.2, 0.25) is 0 Å². The molecule has 4 heteroatoms. The topological polar surface area (TPSA) is 48.7 Å². The van der Waals surface area contributed by atoms with Gasteiger partial charge in [0.1, 0.15) is 5.76 Å². The third kappa shape index (κ3) is 1.90. The predicted molar refractivity (Wildman–Crippen MR) is 52.5 cm³/mol. The molecule has 0 saturated carbocycles. The van der Waals surface area contributed by atoms with Gasteiger partial charge in [-0.05, 0) is 18.6 Å². The Balaban J connectivity index is 2.00. The number of ether oxygens (including phenoxy) is 2. The van der Waals surface area contributed by atoms with Gasteiger partial charge in [-0.15, -0.1) is 0 Å². The number of carbonyl (C=O) groups excluding carboxylic acids is 1. The summed E-state index contributed by atoms with van der Waals surface area (Å²) in [5.41, 5.74) is -0.113. The summed E-state index contributed by atoms with van der Waals surface area (Å²) in [5.74, 6) is 0.713. The van der Waals surface area contributed by atoms with Crippen LogP contribution in [-0.4, -0.2) is 26.3 Å². The van der Waals surface area contributed by atoms with Gasteiger partial charge in [-0.2, -0.15) is 0 Å². The molecule has 2 rings (SSSR count). The average molecular weight is 210 g/mol. The lowest BCUT2D eigenvalue weighted by atomic mass is 9.79. The van der Waals surface area contributed by atoms with Gasteiger partial charge in [-0.25, -0.2) is 0 Å². The summed E-state index contributed by atoms with van der Waals surface area (Å²) in [5, 5.41) is 0. The molecule has 0 aromatic carbocycles. The fraction of sp³-hybridized carbons (Fsp3) is 0.545. The monoisotopic (exact) mass is 210 g/mol. The number of rotatable bonds is 4. The fourth-order valence-corrected chi connectivity index (χ4v) is 1.78. The van der Waals surface area contributed by atoms with Crippen molar-refractivity contribution in [2.75, 3.05) is 20.3 Å². The summed E-state index contributed by atoms with van der Waals surface area (Å²) in [6, 6.07) is 3.79. The number of esters is 1. The summed E-state index contributed by atoms with van der Waals surface area (Å²) in [7, 11) is 1.40. The Hall–Kier alpha value is -1.29. The highest BCUT2D eigenvalue weighted by Gasteiger charge is 2.42. The fourth-order valence-electron chi connectivity index (χ4n) is 1.78. The van der Waals surface area contributed by atoms with Gasteiger partial charge < -0.3 is 13.9 Å². The van der Waals surface area contributed by atoms with Gasteiger partial charge in [0.2, 0.25) is 0 Å². The van der Waals surface area contributed by atoms with E-state index in [1.165, 1.54) is 7.11 Å². The summed E-state index contributed by atoms with van der Waals surface area (Å²) in [4.78, 5) is 11.1. The van der Waals surface area contributed by atoms with E-state index >= 15 is 0 Å². The number of methoxy groups -OCH3 is 1. The second kappa shape index (κ2) is 4.06. The lowest BCUT2D eigenvalue weighted by Crippen LogP contribution is -2.46. The van der Waals surface area contributed by atoms with Gasteiger partial charge in [0.05, 0.1) is 32.0 Å². The van der Waals surface area contributed by atoms with E-state index in [0.717, 1.165) is 5.76 Å². The van der Waals surface area contributed by atoms with Gasteiger partial charge >= 0.3 is 5.97 Å². The minimum Gasteiger partial charge on any atom is -0.469 e. The smallest absolute Gasteiger partial charge is 0.305 e. The van der Waals surface area contributed by atoms with Crippen LogP contribution in [0.25, 0.3) is 0 Å². The molecule has 0 bridgehead atoms. The standard InChI is InChI=1S/C11H14O4/c1-13-10(12)4-5-11(7-14-8-11)9-3-2-6-15-9/h2-3,6H,4-5,7-8H2,1H3. The van der Waals surface area contributed by atoms with E-state index in [4.69, 9.17) is 9.15 Å². The van der Waals surface area contributed by atoms with Crippen molar-refractivity contribution in [2.24, 2.45) is 0 Å². The first kappa shape index (κ1) is 10.2. The molecule has 4 nitrogen and oxygen atoms in total. The Bertz CT molecular complexity index is 324. The second-order valence-electron chi connectivity index (χ2n) is 3.83. The number of carbonyl (C=O) groups is 1. The zero-order valence-electron chi connectivity index (χ0n) is 8.69. The molecule has 0 atom stereocenters. The number of furan rings is 1. The van der Waals surface area contributed by atoms with Gasteiger partial charge in [0, 0.05) is 6.42 Å². The van der Waals surface area contributed by atoms with Crippen LogP contribution in [-0.2, 0) is 19.7 Å². The second-order valence-corrected chi connectivity index (χ2v) is 3.83. The molecular formula is C11H14O4. The lowest BCUT2D eigenvalue weighted by Gasteiger charge is -2.39. The van der Waals surface area contributed by atoms with Crippen LogP contribution in [0.3, 0.4) is 0 Å². The first-order valence-electron chi connectivity index (χ1n) is 4.95. The first-order chi connectivity index (χ1) is 7.27. The zero-order chi connectivity index (χ0) is 10.7. The third-order valence-electron chi connectivity index (χ3n) is 2.84. The summed E-state index contributed by atoms with van der Waals surface area (Å²) < 4.78 is 15.2. The Morgan fingerprint density at radius 2 is 2.40 bits per heavy atom. The molecule has 1 saturated heterocycles. The van der Waals surface area contributed by atoms with Crippen molar-refractivity contribution in [1.82, 2.24) is 0 Å². The average Bonchev–Trinajstić information content (AvgIpc) is 2.69. The molecule has 0 unspecified atom stereocenters. The largest absolute Gasteiger partial charge is 0.469 e. The van der Waals surface area contributed by atoms with E-state index in [1.54, 1.807) is 6.26 Å². The van der Waals surface area contributed by atoms with Crippen molar-refractivity contribution >= 4 is 5.97 Å². The molecule has 0 N–H and O–H groups in total. The van der Waals surface area contributed by atoms with Crippen LogP contribution in [0, 0.1) is 0 Å². The van der Waals surface area contributed by atoms with E-state index in [2.05, 4.69) is 4.74 Å². The van der Waals surface area contributed by atoms with Crippen LogP contribution in [0.5, 0.6) is 0 Å². The highest BCUT2D eigenvalue weighted by molar-refractivity contribution is 5.69. The molecule has 1 fully saturated rings. The molecule has 1 aromatic heterocycles. The SMILES string of the molecule is COC(=O)CCC1(c2ccco2)COC1. The molecule has 0 radical (unpaired) electrons. The van der Waals surface area contributed by atoms with E-state index in [1.807, 2.05) is 12.1 Å². The van der Waals surface area contributed by atoms with Gasteiger partial charge in [0.15, 0.2) is 0 Å². The molecule has 0 aliphatic carbocycles. The van der Waals surface area contributed by atoms with E-state index < -0.39 is 0 Å². The predicted octanol–water partition coefficient (Wildman–Crippen LogP) is 1.50. The van der Waals surface area contributed by atoms with Crippen molar-refractivity contribution < 1.29 is 18.7 Å². The highest BCUT2D eigenvalue weighted by atomic mass is 16.5. The Labute approximate surface area is 88.2 Å². The van der Waals surface area contributed by atoms with Crippen LogP contribution >= 0.6 is 0 Å². The van der Waals surface area contributed by atoms with Gasteiger partial charge in [0.25, 0.3) is 0 Å². The third-order valence-corrected chi connectivity index (χ3v) is 2.84. The quantitative estimate of drug-likeness (QED) is 0.706. The molecule has 0 spiro atoms. The molecule has 2 heterocycles. The zero-order valence-corrected chi connectivity index (χ0v) is 8.69. The lowest BCUT2D eigenvalue weighted by molar-refractivity contribution is -0.143. The van der Waals surface area contributed by atoms with Crippen molar-refractivity contribution in [3.05, 3.63) is 24.2 Å². The molecule has 1 aliphatic heterocycles. The molecule has 82 valence electrons. The van der Waals surface area contributed by atoms with Crippen LogP contribution in [0.4, 0.5) is 0 Å². The maximum absolute atomic E-state index is 11.1. The van der Waals surface area contributed by atoms with Crippen molar-refractivity contribution in [2.45, 2.75) is 18.3 Å². The number of hydrogen-bond donors (Lipinski definition) is 0.